The summed E-state index contributed by atoms with van der Waals surface area (Å²) in [4.78, 5) is 26.5. The monoisotopic (exact) mass is 417 g/mol. The SMILES string of the molecule is CCOC(=O)c1c(NC(=O)C(C)Oc2ccc(OC)cc2)sc2c1CCC(C)C2. The van der Waals surface area contributed by atoms with E-state index in [4.69, 9.17) is 14.2 Å². The Morgan fingerprint density at radius 2 is 1.93 bits per heavy atom. The molecule has 1 amide bonds. The summed E-state index contributed by atoms with van der Waals surface area (Å²) >= 11 is 1.47. The number of methoxy groups -OCH3 is 1. The molecule has 7 heteroatoms. The van der Waals surface area contributed by atoms with Gasteiger partial charge in [0.1, 0.15) is 16.5 Å². The van der Waals surface area contributed by atoms with Crippen LogP contribution in [0.2, 0.25) is 0 Å². The van der Waals surface area contributed by atoms with Crippen LogP contribution < -0.4 is 14.8 Å². The summed E-state index contributed by atoms with van der Waals surface area (Å²) in [5.41, 5.74) is 1.52. The third kappa shape index (κ3) is 4.90. The molecule has 156 valence electrons. The van der Waals surface area contributed by atoms with E-state index >= 15 is 0 Å². The number of benzene rings is 1. The molecule has 0 bridgehead atoms. The van der Waals surface area contributed by atoms with Gasteiger partial charge in [0.15, 0.2) is 6.10 Å². The van der Waals surface area contributed by atoms with Gasteiger partial charge in [0.2, 0.25) is 0 Å². The van der Waals surface area contributed by atoms with Crippen LogP contribution >= 0.6 is 11.3 Å². The zero-order valence-electron chi connectivity index (χ0n) is 17.2. The molecule has 1 heterocycles. The van der Waals surface area contributed by atoms with E-state index < -0.39 is 6.10 Å². The van der Waals surface area contributed by atoms with Crippen LogP contribution in [0.4, 0.5) is 5.00 Å². The molecule has 0 saturated carbocycles. The summed E-state index contributed by atoms with van der Waals surface area (Å²) in [6, 6.07) is 7.04. The number of hydrogen-bond acceptors (Lipinski definition) is 6. The van der Waals surface area contributed by atoms with E-state index in [-0.39, 0.29) is 11.9 Å². The van der Waals surface area contributed by atoms with Gasteiger partial charge in [0.25, 0.3) is 5.91 Å². The lowest BCUT2D eigenvalue weighted by molar-refractivity contribution is -0.122. The molecule has 2 aromatic rings. The second-order valence-corrected chi connectivity index (χ2v) is 8.31. The molecular weight excluding hydrogens is 390 g/mol. The van der Waals surface area contributed by atoms with Crippen molar-refractivity contribution in [3.05, 3.63) is 40.3 Å². The molecule has 0 spiro atoms. The van der Waals surface area contributed by atoms with E-state index in [1.807, 2.05) is 0 Å². The maximum atomic E-state index is 12.7. The molecule has 1 aliphatic carbocycles. The lowest BCUT2D eigenvalue weighted by Gasteiger charge is -2.18. The topological polar surface area (TPSA) is 73.9 Å². The summed E-state index contributed by atoms with van der Waals surface area (Å²) in [6.07, 6.45) is 2.05. The number of fused-ring (bicyclic) bond motifs is 1. The molecule has 1 aromatic carbocycles. The molecule has 29 heavy (non-hydrogen) atoms. The Hall–Kier alpha value is -2.54. The fourth-order valence-corrected chi connectivity index (χ4v) is 4.79. The number of anilines is 1. The van der Waals surface area contributed by atoms with Crippen LogP contribution in [0.5, 0.6) is 11.5 Å². The zero-order chi connectivity index (χ0) is 21.0. The average Bonchev–Trinajstić information content (AvgIpc) is 3.05. The summed E-state index contributed by atoms with van der Waals surface area (Å²) in [6.45, 7) is 5.96. The van der Waals surface area contributed by atoms with Crippen molar-refractivity contribution in [2.24, 2.45) is 5.92 Å². The highest BCUT2D eigenvalue weighted by molar-refractivity contribution is 7.17. The first-order valence-corrected chi connectivity index (χ1v) is 10.7. The smallest absolute Gasteiger partial charge is 0.341 e. The number of hydrogen-bond donors (Lipinski definition) is 1. The first kappa shape index (κ1) is 21.2. The largest absolute Gasteiger partial charge is 0.497 e. The Morgan fingerprint density at radius 1 is 1.24 bits per heavy atom. The van der Waals surface area contributed by atoms with Crippen molar-refractivity contribution >= 4 is 28.2 Å². The molecule has 1 N–H and O–H groups in total. The van der Waals surface area contributed by atoms with Gasteiger partial charge in [-0.1, -0.05) is 6.92 Å². The Balaban J connectivity index is 1.77. The molecule has 0 aliphatic heterocycles. The predicted octanol–water partition coefficient (Wildman–Crippen LogP) is 4.46. The summed E-state index contributed by atoms with van der Waals surface area (Å²) < 4.78 is 16.1. The molecular formula is C22H27NO5S. The van der Waals surface area contributed by atoms with Gasteiger partial charge in [-0.05, 0) is 68.9 Å². The average molecular weight is 418 g/mol. The fourth-order valence-electron chi connectivity index (χ4n) is 3.38. The van der Waals surface area contributed by atoms with Gasteiger partial charge in [-0.2, -0.15) is 0 Å². The Morgan fingerprint density at radius 3 is 2.59 bits per heavy atom. The van der Waals surface area contributed by atoms with Crippen molar-refractivity contribution in [1.82, 2.24) is 0 Å². The second-order valence-electron chi connectivity index (χ2n) is 7.20. The van der Waals surface area contributed by atoms with Crippen LogP contribution in [0, 0.1) is 5.92 Å². The Labute approximate surface area is 175 Å². The van der Waals surface area contributed by atoms with Gasteiger partial charge in [-0.15, -0.1) is 11.3 Å². The standard InChI is InChI=1S/C22H27NO5S/c1-5-27-22(25)19-17-11-6-13(2)12-18(17)29-21(19)23-20(24)14(3)28-16-9-7-15(26-4)8-10-16/h7-10,13-14H,5-6,11-12H2,1-4H3,(H,23,24). The van der Waals surface area contributed by atoms with Crippen molar-refractivity contribution in [2.45, 2.75) is 46.1 Å². The number of thiophene rings is 1. The van der Waals surface area contributed by atoms with Crippen molar-refractivity contribution in [1.29, 1.82) is 0 Å². The molecule has 2 unspecified atom stereocenters. The number of rotatable bonds is 7. The number of ether oxygens (including phenoxy) is 3. The summed E-state index contributed by atoms with van der Waals surface area (Å²) in [5.74, 6) is 1.17. The quantitative estimate of drug-likeness (QED) is 0.673. The Bertz CT molecular complexity index is 874. The highest BCUT2D eigenvalue weighted by Crippen LogP contribution is 2.40. The minimum absolute atomic E-state index is 0.296. The number of amides is 1. The molecule has 0 fully saturated rings. The summed E-state index contributed by atoms with van der Waals surface area (Å²) in [7, 11) is 1.59. The normalized spacial score (nSPS) is 16.5. The minimum Gasteiger partial charge on any atom is -0.497 e. The van der Waals surface area contributed by atoms with Gasteiger partial charge < -0.3 is 19.5 Å². The first-order valence-electron chi connectivity index (χ1n) is 9.86. The van der Waals surface area contributed by atoms with Gasteiger partial charge in [0.05, 0.1) is 19.3 Å². The third-order valence-corrected chi connectivity index (χ3v) is 6.14. The number of nitrogens with one attached hydrogen (secondary N) is 1. The van der Waals surface area contributed by atoms with Crippen LogP contribution in [0.25, 0.3) is 0 Å². The lowest BCUT2D eigenvalue weighted by atomic mass is 9.88. The van der Waals surface area contributed by atoms with Crippen molar-refractivity contribution in [2.75, 3.05) is 19.0 Å². The number of esters is 1. The lowest BCUT2D eigenvalue weighted by Crippen LogP contribution is -2.30. The van der Waals surface area contributed by atoms with Crippen LogP contribution in [0.3, 0.4) is 0 Å². The van der Waals surface area contributed by atoms with E-state index in [0.29, 0.717) is 34.6 Å². The van der Waals surface area contributed by atoms with Crippen LogP contribution in [0.15, 0.2) is 24.3 Å². The predicted molar refractivity (Wildman–Crippen MR) is 113 cm³/mol. The summed E-state index contributed by atoms with van der Waals surface area (Å²) in [5, 5.41) is 3.45. The number of carbonyl (C=O) groups is 2. The maximum absolute atomic E-state index is 12.7. The first-order chi connectivity index (χ1) is 13.9. The van der Waals surface area contributed by atoms with Crippen molar-refractivity contribution in [3.63, 3.8) is 0 Å². The Kier molecular flexibility index (Phi) is 6.79. The van der Waals surface area contributed by atoms with Crippen LogP contribution in [-0.4, -0.2) is 31.7 Å². The van der Waals surface area contributed by atoms with Gasteiger partial charge in [-0.25, -0.2) is 4.79 Å². The van der Waals surface area contributed by atoms with E-state index in [2.05, 4.69) is 12.2 Å². The highest BCUT2D eigenvalue weighted by Gasteiger charge is 2.30. The fraction of sp³-hybridized carbons (Fsp3) is 0.455. The molecule has 0 saturated heterocycles. The van der Waals surface area contributed by atoms with Gasteiger partial charge in [0, 0.05) is 4.88 Å². The minimum atomic E-state index is -0.725. The molecule has 1 aliphatic rings. The van der Waals surface area contributed by atoms with Gasteiger partial charge >= 0.3 is 5.97 Å². The maximum Gasteiger partial charge on any atom is 0.341 e. The molecule has 3 rings (SSSR count). The van der Waals surface area contributed by atoms with E-state index in [1.165, 1.54) is 11.3 Å². The molecule has 2 atom stereocenters. The van der Waals surface area contributed by atoms with Gasteiger partial charge in [-0.3, -0.25) is 4.79 Å². The highest BCUT2D eigenvalue weighted by atomic mass is 32.1. The molecule has 6 nitrogen and oxygen atoms in total. The number of carbonyl (C=O) groups excluding carboxylic acids is 2. The van der Waals surface area contributed by atoms with E-state index in [0.717, 1.165) is 29.7 Å². The van der Waals surface area contributed by atoms with E-state index in [1.54, 1.807) is 45.2 Å². The van der Waals surface area contributed by atoms with Crippen LogP contribution in [0.1, 0.15) is 48.0 Å². The van der Waals surface area contributed by atoms with E-state index in [9.17, 15) is 9.59 Å². The zero-order valence-corrected chi connectivity index (χ0v) is 18.1. The molecule has 0 radical (unpaired) electrons. The van der Waals surface area contributed by atoms with Crippen LogP contribution in [-0.2, 0) is 22.4 Å². The molecule has 1 aromatic heterocycles. The van der Waals surface area contributed by atoms with Crippen molar-refractivity contribution < 1.29 is 23.8 Å². The second kappa shape index (κ2) is 9.31. The van der Waals surface area contributed by atoms with Crippen molar-refractivity contribution in [3.8, 4) is 11.5 Å². The third-order valence-electron chi connectivity index (χ3n) is 4.97.